The molecule has 2 aromatic carbocycles. The summed E-state index contributed by atoms with van der Waals surface area (Å²) < 4.78 is 20.7. The molecule has 1 fully saturated rings. The highest BCUT2D eigenvalue weighted by atomic mass is 19.1. The lowest BCUT2D eigenvalue weighted by Gasteiger charge is -2.13. The van der Waals surface area contributed by atoms with Crippen molar-refractivity contribution in [2.75, 3.05) is 13.2 Å². The molecule has 1 aromatic heterocycles. The number of benzene rings is 2. The summed E-state index contributed by atoms with van der Waals surface area (Å²) in [5, 5.41) is 6.74. The van der Waals surface area contributed by atoms with Gasteiger partial charge in [-0.2, -0.15) is 9.78 Å². The van der Waals surface area contributed by atoms with Gasteiger partial charge in [-0.05, 0) is 42.7 Å². The lowest BCUT2D eigenvalue weighted by Crippen LogP contribution is -2.46. The van der Waals surface area contributed by atoms with E-state index < -0.39 is 28.7 Å². The first-order chi connectivity index (χ1) is 15.0. The van der Waals surface area contributed by atoms with E-state index in [4.69, 9.17) is 4.74 Å². The van der Waals surface area contributed by atoms with Crippen molar-refractivity contribution in [2.45, 2.75) is 25.5 Å². The molecule has 2 heterocycles. The molecular formula is C22H21FN4O4. The number of nitrogens with one attached hydrogen (secondary N) is 1. The molecule has 0 saturated carbocycles. The van der Waals surface area contributed by atoms with Gasteiger partial charge in [0.2, 0.25) is 5.69 Å². The normalized spacial score (nSPS) is 15.7. The fourth-order valence-corrected chi connectivity index (χ4v) is 3.40. The molecule has 3 aromatic rings. The number of ether oxygens (including phenoxy) is 1. The SMILES string of the molecule is O=C(NC[C@@H]1CCCO1)c1nn(-c2ccccc2)c(=O)n(Cc2ccc(F)cc2)c1=O. The van der Waals surface area contributed by atoms with Crippen LogP contribution in [0.5, 0.6) is 0 Å². The van der Waals surface area contributed by atoms with Crippen LogP contribution in [0.3, 0.4) is 0 Å². The molecular weight excluding hydrogens is 403 g/mol. The van der Waals surface area contributed by atoms with Crippen molar-refractivity contribution < 1.29 is 13.9 Å². The highest BCUT2D eigenvalue weighted by molar-refractivity contribution is 5.91. The molecule has 0 radical (unpaired) electrons. The smallest absolute Gasteiger partial charge is 0.352 e. The Labute approximate surface area is 176 Å². The van der Waals surface area contributed by atoms with E-state index in [1.807, 2.05) is 0 Å². The van der Waals surface area contributed by atoms with Gasteiger partial charge in [-0.15, -0.1) is 0 Å². The van der Waals surface area contributed by atoms with Crippen LogP contribution in [-0.2, 0) is 11.3 Å². The predicted octanol–water partition coefficient (Wildman–Crippen LogP) is 1.49. The molecule has 0 spiro atoms. The maximum Gasteiger partial charge on any atom is 0.352 e. The van der Waals surface area contributed by atoms with Crippen molar-refractivity contribution in [3.05, 3.63) is 92.5 Å². The third-order valence-electron chi connectivity index (χ3n) is 5.04. The molecule has 1 amide bonds. The average Bonchev–Trinajstić information content (AvgIpc) is 3.31. The molecule has 1 atom stereocenters. The number of carbonyl (C=O) groups excluding carboxylic acids is 1. The quantitative estimate of drug-likeness (QED) is 0.647. The van der Waals surface area contributed by atoms with Crippen molar-refractivity contribution in [1.29, 1.82) is 0 Å². The summed E-state index contributed by atoms with van der Waals surface area (Å²) in [6.07, 6.45) is 1.64. The fourth-order valence-electron chi connectivity index (χ4n) is 3.40. The first kappa shape index (κ1) is 20.7. The number of hydrogen-bond donors (Lipinski definition) is 1. The number of nitrogens with zero attached hydrogens (tertiary/aromatic N) is 3. The van der Waals surface area contributed by atoms with E-state index in [1.165, 1.54) is 24.3 Å². The number of para-hydroxylation sites is 1. The van der Waals surface area contributed by atoms with Crippen LogP contribution in [0, 0.1) is 5.82 Å². The van der Waals surface area contributed by atoms with Crippen molar-refractivity contribution in [2.24, 2.45) is 0 Å². The van der Waals surface area contributed by atoms with Crippen molar-refractivity contribution in [3.8, 4) is 5.69 Å². The van der Waals surface area contributed by atoms with Crippen molar-refractivity contribution in [3.63, 3.8) is 0 Å². The molecule has 1 aliphatic heterocycles. The Morgan fingerprint density at radius 2 is 1.87 bits per heavy atom. The van der Waals surface area contributed by atoms with Crippen LogP contribution in [0.4, 0.5) is 4.39 Å². The summed E-state index contributed by atoms with van der Waals surface area (Å²) >= 11 is 0. The highest BCUT2D eigenvalue weighted by Crippen LogP contribution is 2.10. The van der Waals surface area contributed by atoms with Crippen LogP contribution in [0.15, 0.2) is 64.2 Å². The summed E-state index contributed by atoms with van der Waals surface area (Å²) in [6, 6.07) is 13.9. The molecule has 1 N–H and O–H groups in total. The zero-order chi connectivity index (χ0) is 21.8. The van der Waals surface area contributed by atoms with Crippen LogP contribution in [0.25, 0.3) is 5.69 Å². The van der Waals surface area contributed by atoms with E-state index in [0.29, 0.717) is 17.9 Å². The minimum atomic E-state index is -0.814. The first-order valence-corrected chi connectivity index (χ1v) is 9.97. The number of hydrogen-bond acceptors (Lipinski definition) is 5. The molecule has 4 rings (SSSR count). The molecule has 0 aliphatic carbocycles. The third-order valence-corrected chi connectivity index (χ3v) is 5.04. The monoisotopic (exact) mass is 424 g/mol. The predicted molar refractivity (Wildman–Crippen MR) is 111 cm³/mol. The van der Waals surface area contributed by atoms with Gasteiger partial charge in [-0.25, -0.2) is 9.18 Å². The van der Waals surface area contributed by atoms with Crippen molar-refractivity contribution >= 4 is 5.91 Å². The second kappa shape index (κ2) is 9.05. The number of amides is 1. The fraction of sp³-hybridized carbons (Fsp3) is 0.273. The average molecular weight is 424 g/mol. The Balaban J connectivity index is 1.74. The van der Waals surface area contributed by atoms with Gasteiger partial charge in [0.1, 0.15) is 5.82 Å². The first-order valence-electron chi connectivity index (χ1n) is 9.97. The molecule has 160 valence electrons. The lowest BCUT2D eigenvalue weighted by atomic mass is 10.2. The molecule has 9 heteroatoms. The highest BCUT2D eigenvalue weighted by Gasteiger charge is 2.22. The van der Waals surface area contributed by atoms with Gasteiger partial charge in [0.25, 0.3) is 11.5 Å². The van der Waals surface area contributed by atoms with Gasteiger partial charge >= 0.3 is 5.69 Å². The van der Waals surface area contributed by atoms with E-state index in [1.54, 1.807) is 30.3 Å². The summed E-state index contributed by atoms with van der Waals surface area (Å²) in [7, 11) is 0. The van der Waals surface area contributed by atoms with E-state index in [2.05, 4.69) is 10.4 Å². The van der Waals surface area contributed by atoms with Crippen LogP contribution < -0.4 is 16.6 Å². The molecule has 1 saturated heterocycles. The second-order valence-corrected chi connectivity index (χ2v) is 7.24. The van der Waals surface area contributed by atoms with Crippen LogP contribution >= 0.6 is 0 Å². The lowest BCUT2D eigenvalue weighted by molar-refractivity contribution is 0.0849. The van der Waals surface area contributed by atoms with Gasteiger partial charge in [0, 0.05) is 13.2 Å². The maximum absolute atomic E-state index is 13.2. The van der Waals surface area contributed by atoms with Gasteiger partial charge in [-0.1, -0.05) is 30.3 Å². The standard InChI is InChI=1S/C22H21FN4O4/c23-16-10-8-15(9-11-16)14-26-21(29)19(20(28)24-13-18-7-4-12-31-18)25-27(22(26)30)17-5-2-1-3-6-17/h1-3,5-6,8-11,18H,4,7,12-14H2,(H,24,28)/t18-/m0/s1. The zero-order valence-corrected chi connectivity index (χ0v) is 16.7. The Morgan fingerprint density at radius 3 is 2.55 bits per heavy atom. The Kier molecular flexibility index (Phi) is 6.03. The molecule has 31 heavy (non-hydrogen) atoms. The Bertz CT molecular complexity index is 1180. The number of carbonyl (C=O) groups is 1. The van der Waals surface area contributed by atoms with E-state index in [-0.39, 0.29) is 19.2 Å². The molecule has 0 unspecified atom stereocenters. The minimum Gasteiger partial charge on any atom is -0.376 e. The van der Waals surface area contributed by atoms with Crippen molar-refractivity contribution in [1.82, 2.24) is 19.7 Å². The van der Waals surface area contributed by atoms with Gasteiger partial charge in [0.15, 0.2) is 0 Å². The Morgan fingerprint density at radius 1 is 1.13 bits per heavy atom. The van der Waals surface area contributed by atoms with Gasteiger partial charge in [-0.3, -0.25) is 14.2 Å². The molecule has 1 aliphatic rings. The number of rotatable bonds is 6. The maximum atomic E-state index is 13.2. The Hall–Kier alpha value is -3.59. The summed E-state index contributed by atoms with van der Waals surface area (Å²) in [5.74, 6) is -1.11. The second-order valence-electron chi connectivity index (χ2n) is 7.24. The summed E-state index contributed by atoms with van der Waals surface area (Å²) in [5.41, 5.74) is -0.961. The van der Waals surface area contributed by atoms with Crippen LogP contribution in [-0.4, -0.2) is 39.5 Å². The molecule has 0 bridgehead atoms. The van der Waals surface area contributed by atoms with E-state index >= 15 is 0 Å². The van der Waals surface area contributed by atoms with Crippen LogP contribution in [0.2, 0.25) is 0 Å². The number of aromatic nitrogens is 3. The van der Waals surface area contributed by atoms with Gasteiger partial charge < -0.3 is 10.1 Å². The minimum absolute atomic E-state index is 0.106. The van der Waals surface area contributed by atoms with E-state index in [0.717, 1.165) is 22.1 Å². The largest absolute Gasteiger partial charge is 0.376 e. The van der Waals surface area contributed by atoms with Gasteiger partial charge in [0.05, 0.1) is 18.3 Å². The summed E-state index contributed by atoms with van der Waals surface area (Å²) in [4.78, 5) is 38.8. The third kappa shape index (κ3) is 4.61. The molecule has 8 nitrogen and oxygen atoms in total. The summed E-state index contributed by atoms with van der Waals surface area (Å²) in [6.45, 7) is 0.768. The van der Waals surface area contributed by atoms with Crippen LogP contribution in [0.1, 0.15) is 28.9 Å². The van der Waals surface area contributed by atoms with E-state index in [9.17, 15) is 18.8 Å². The topological polar surface area (TPSA) is 95.2 Å². The number of halogens is 1. The zero-order valence-electron chi connectivity index (χ0n) is 16.7.